The monoisotopic (exact) mass is 187 g/mol. The van der Waals surface area contributed by atoms with Gasteiger partial charge in [0.25, 0.3) is 0 Å². The van der Waals surface area contributed by atoms with Crippen LogP contribution in [-0.4, -0.2) is 31.5 Å². The second kappa shape index (κ2) is 3.86. The molecule has 0 amide bonds. The molecule has 6 heteroatoms. The summed E-state index contributed by atoms with van der Waals surface area (Å²) in [6.07, 6.45) is 0. The van der Waals surface area contributed by atoms with Crippen LogP contribution in [0.4, 0.5) is 0 Å². The number of nitrogens with zero attached hydrogens (tertiary/aromatic N) is 4. The summed E-state index contributed by atoms with van der Waals surface area (Å²) in [4.78, 5) is 0. The van der Waals surface area contributed by atoms with Crippen molar-refractivity contribution in [3.8, 4) is 0 Å². The third-order valence-electron chi connectivity index (χ3n) is 1.61. The fourth-order valence-corrected chi connectivity index (χ4v) is 1.41. The highest BCUT2D eigenvalue weighted by Crippen LogP contribution is 2.20. The summed E-state index contributed by atoms with van der Waals surface area (Å²) < 4.78 is 1.64. The third kappa shape index (κ3) is 2.18. The van der Waals surface area contributed by atoms with Crippen LogP contribution in [0.5, 0.6) is 0 Å². The van der Waals surface area contributed by atoms with Gasteiger partial charge in [-0.2, -0.15) is 0 Å². The summed E-state index contributed by atoms with van der Waals surface area (Å²) in [7, 11) is 1.82. The van der Waals surface area contributed by atoms with Gasteiger partial charge in [0.15, 0.2) is 0 Å². The van der Waals surface area contributed by atoms with Gasteiger partial charge in [0.2, 0.25) is 5.16 Å². The molecule has 0 radical (unpaired) electrons. The maximum absolute atomic E-state index is 5.70. The molecule has 0 saturated carbocycles. The lowest BCUT2D eigenvalue weighted by Gasteiger charge is -2.12. The Balaban J connectivity index is 2.58. The standard InChI is InChI=1S/C6H13N5S/c1-4(7)5(2)12-6-8-9-10-11(6)3/h4-5H,7H2,1-3H3. The molecule has 12 heavy (non-hydrogen) atoms. The average molecular weight is 187 g/mol. The van der Waals surface area contributed by atoms with Gasteiger partial charge in [-0.05, 0) is 17.4 Å². The molecule has 2 atom stereocenters. The van der Waals surface area contributed by atoms with Crippen molar-refractivity contribution in [1.82, 2.24) is 20.2 Å². The maximum Gasteiger partial charge on any atom is 0.209 e. The zero-order valence-corrected chi connectivity index (χ0v) is 8.25. The van der Waals surface area contributed by atoms with Crippen LogP contribution >= 0.6 is 11.8 Å². The molecule has 0 aliphatic carbocycles. The van der Waals surface area contributed by atoms with E-state index in [1.807, 2.05) is 14.0 Å². The Bertz CT molecular complexity index is 246. The van der Waals surface area contributed by atoms with E-state index in [4.69, 9.17) is 5.73 Å². The number of aryl methyl sites for hydroxylation is 1. The highest BCUT2D eigenvalue weighted by Gasteiger charge is 2.12. The van der Waals surface area contributed by atoms with E-state index < -0.39 is 0 Å². The predicted molar refractivity (Wildman–Crippen MR) is 47.8 cm³/mol. The number of tetrazole rings is 1. The second-order valence-corrected chi connectivity index (χ2v) is 4.11. The first kappa shape index (κ1) is 9.47. The van der Waals surface area contributed by atoms with Gasteiger partial charge in [0.1, 0.15) is 0 Å². The Morgan fingerprint density at radius 1 is 1.50 bits per heavy atom. The SMILES string of the molecule is CC(N)C(C)Sc1nnnn1C. The van der Waals surface area contributed by atoms with Crippen LogP contribution in [-0.2, 0) is 7.05 Å². The first-order valence-electron chi connectivity index (χ1n) is 3.76. The van der Waals surface area contributed by atoms with E-state index in [-0.39, 0.29) is 6.04 Å². The molecule has 1 aromatic rings. The van der Waals surface area contributed by atoms with Crippen LogP contribution in [0.3, 0.4) is 0 Å². The topological polar surface area (TPSA) is 69.6 Å². The number of thioether (sulfide) groups is 1. The van der Waals surface area contributed by atoms with Crippen LogP contribution in [0.1, 0.15) is 13.8 Å². The molecule has 68 valence electrons. The number of hydrogen-bond acceptors (Lipinski definition) is 5. The predicted octanol–water partition coefficient (Wildman–Crippen LogP) is 0.0379. The summed E-state index contributed by atoms with van der Waals surface area (Å²) in [5.74, 6) is 0. The lowest BCUT2D eigenvalue weighted by molar-refractivity contribution is 0.658. The Morgan fingerprint density at radius 2 is 2.17 bits per heavy atom. The summed E-state index contributed by atoms with van der Waals surface area (Å²) in [6.45, 7) is 4.03. The molecule has 1 rings (SSSR count). The fraction of sp³-hybridized carbons (Fsp3) is 0.833. The fourth-order valence-electron chi connectivity index (χ4n) is 0.595. The molecule has 1 heterocycles. The molecule has 2 unspecified atom stereocenters. The number of hydrogen-bond donors (Lipinski definition) is 1. The molecule has 0 bridgehead atoms. The van der Waals surface area contributed by atoms with Crippen molar-refractivity contribution in [3.63, 3.8) is 0 Å². The molecule has 0 aliphatic heterocycles. The van der Waals surface area contributed by atoms with Gasteiger partial charge in [0, 0.05) is 18.3 Å². The quantitative estimate of drug-likeness (QED) is 0.676. The smallest absolute Gasteiger partial charge is 0.209 e. The Labute approximate surface area is 75.7 Å². The molecule has 2 N–H and O–H groups in total. The molecule has 0 aliphatic rings. The molecular weight excluding hydrogens is 174 g/mol. The van der Waals surface area contributed by atoms with Crippen molar-refractivity contribution in [2.75, 3.05) is 0 Å². The highest BCUT2D eigenvalue weighted by atomic mass is 32.2. The van der Waals surface area contributed by atoms with E-state index in [0.717, 1.165) is 5.16 Å². The first-order chi connectivity index (χ1) is 5.61. The minimum Gasteiger partial charge on any atom is -0.327 e. The van der Waals surface area contributed by atoms with Crippen LogP contribution in [0.15, 0.2) is 5.16 Å². The minimum absolute atomic E-state index is 0.145. The summed E-state index contributed by atoms with van der Waals surface area (Å²) in [5.41, 5.74) is 5.70. The molecule has 0 aromatic carbocycles. The van der Waals surface area contributed by atoms with Crippen LogP contribution in [0.2, 0.25) is 0 Å². The highest BCUT2D eigenvalue weighted by molar-refractivity contribution is 7.99. The third-order valence-corrected chi connectivity index (χ3v) is 2.97. The second-order valence-electron chi connectivity index (χ2n) is 2.77. The first-order valence-corrected chi connectivity index (χ1v) is 4.64. The van der Waals surface area contributed by atoms with Gasteiger partial charge in [-0.3, -0.25) is 0 Å². The number of nitrogens with two attached hydrogens (primary N) is 1. The maximum atomic E-state index is 5.70. The largest absolute Gasteiger partial charge is 0.327 e. The van der Waals surface area contributed by atoms with E-state index in [1.54, 1.807) is 16.4 Å². The Morgan fingerprint density at radius 3 is 2.58 bits per heavy atom. The van der Waals surface area contributed by atoms with Crippen LogP contribution < -0.4 is 5.73 Å². The summed E-state index contributed by atoms with van der Waals surface area (Å²) >= 11 is 1.59. The van der Waals surface area contributed by atoms with E-state index in [0.29, 0.717) is 5.25 Å². The molecule has 0 spiro atoms. The number of rotatable bonds is 3. The van der Waals surface area contributed by atoms with Gasteiger partial charge in [-0.25, -0.2) is 4.68 Å². The van der Waals surface area contributed by atoms with Crippen molar-refractivity contribution < 1.29 is 0 Å². The van der Waals surface area contributed by atoms with Gasteiger partial charge < -0.3 is 5.73 Å². The van der Waals surface area contributed by atoms with E-state index >= 15 is 0 Å². The zero-order valence-electron chi connectivity index (χ0n) is 7.43. The van der Waals surface area contributed by atoms with Gasteiger partial charge in [-0.1, -0.05) is 18.7 Å². The van der Waals surface area contributed by atoms with Crippen molar-refractivity contribution in [2.24, 2.45) is 12.8 Å². The lowest BCUT2D eigenvalue weighted by atomic mass is 10.3. The summed E-state index contributed by atoms with van der Waals surface area (Å²) in [6, 6.07) is 0.145. The minimum atomic E-state index is 0.145. The molecular formula is C6H13N5S. The molecule has 0 fully saturated rings. The molecule has 0 saturated heterocycles. The van der Waals surface area contributed by atoms with Crippen molar-refractivity contribution in [3.05, 3.63) is 0 Å². The lowest BCUT2D eigenvalue weighted by Crippen LogP contribution is -2.26. The Kier molecular flexibility index (Phi) is 3.05. The molecule has 1 aromatic heterocycles. The van der Waals surface area contributed by atoms with Gasteiger partial charge >= 0.3 is 0 Å². The molecule has 5 nitrogen and oxygen atoms in total. The normalized spacial score (nSPS) is 16.0. The van der Waals surface area contributed by atoms with E-state index in [9.17, 15) is 0 Å². The van der Waals surface area contributed by atoms with Gasteiger partial charge in [0.05, 0.1) is 0 Å². The summed E-state index contributed by atoms with van der Waals surface area (Å²) in [5, 5.41) is 12.2. The average Bonchev–Trinajstić information content (AvgIpc) is 2.36. The van der Waals surface area contributed by atoms with E-state index in [1.165, 1.54) is 0 Å². The van der Waals surface area contributed by atoms with Gasteiger partial charge in [-0.15, -0.1) is 5.10 Å². The van der Waals surface area contributed by atoms with Crippen molar-refractivity contribution in [2.45, 2.75) is 30.3 Å². The van der Waals surface area contributed by atoms with Crippen LogP contribution in [0, 0.1) is 0 Å². The Hall–Kier alpha value is -0.620. The van der Waals surface area contributed by atoms with E-state index in [2.05, 4.69) is 22.4 Å². The zero-order chi connectivity index (χ0) is 9.14. The van der Waals surface area contributed by atoms with Crippen molar-refractivity contribution in [1.29, 1.82) is 0 Å². The number of aromatic nitrogens is 4. The van der Waals surface area contributed by atoms with Crippen molar-refractivity contribution >= 4 is 11.8 Å². The van der Waals surface area contributed by atoms with Crippen LogP contribution in [0.25, 0.3) is 0 Å².